The third-order valence-electron chi connectivity index (χ3n) is 3.46. The largest absolute Gasteiger partial charge is 0.457 e. The molecule has 0 fully saturated rings. The highest BCUT2D eigenvalue weighted by Gasteiger charge is 2.19. The molecule has 0 saturated heterocycles. The molecule has 0 radical (unpaired) electrons. The molecule has 2 heterocycles. The number of hydrogen-bond acceptors (Lipinski definition) is 3. The van der Waals surface area contributed by atoms with E-state index < -0.39 is 0 Å². The van der Waals surface area contributed by atoms with Crippen molar-refractivity contribution in [3.63, 3.8) is 0 Å². The first-order valence-electron chi connectivity index (χ1n) is 6.46. The van der Waals surface area contributed by atoms with Gasteiger partial charge in [0.05, 0.1) is 11.1 Å². The van der Waals surface area contributed by atoms with Crippen LogP contribution in [-0.4, -0.2) is 12.0 Å². The van der Waals surface area contributed by atoms with Crippen molar-refractivity contribution >= 4 is 22.6 Å². The fourth-order valence-corrected chi connectivity index (χ4v) is 2.67. The van der Waals surface area contributed by atoms with Crippen molar-refractivity contribution in [2.24, 2.45) is 0 Å². The lowest BCUT2D eigenvalue weighted by atomic mass is 10.0. The SMILES string of the molecule is CNC(c1cc2cccc(Cl)c2o1)c1ccncc1C. The summed E-state index contributed by atoms with van der Waals surface area (Å²) in [6.07, 6.45) is 3.65. The molecular weight excluding hydrogens is 272 g/mol. The Labute approximate surface area is 122 Å². The average Bonchev–Trinajstić information content (AvgIpc) is 2.87. The molecule has 0 aliphatic rings. The van der Waals surface area contributed by atoms with E-state index in [4.69, 9.17) is 16.0 Å². The van der Waals surface area contributed by atoms with Crippen LogP contribution in [0.2, 0.25) is 5.02 Å². The number of fused-ring (bicyclic) bond motifs is 1. The van der Waals surface area contributed by atoms with Crippen molar-refractivity contribution in [2.75, 3.05) is 7.05 Å². The van der Waals surface area contributed by atoms with Gasteiger partial charge in [-0.1, -0.05) is 23.7 Å². The fourth-order valence-electron chi connectivity index (χ4n) is 2.45. The maximum atomic E-state index is 6.17. The van der Waals surface area contributed by atoms with Gasteiger partial charge in [-0.15, -0.1) is 0 Å². The van der Waals surface area contributed by atoms with E-state index in [1.54, 1.807) is 6.20 Å². The molecule has 1 aromatic carbocycles. The van der Waals surface area contributed by atoms with Gasteiger partial charge >= 0.3 is 0 Å². The Kier molecular flexibility index (Phi) is 3.47. The summed E-state index contributed by atoms with van der Waals surface area (Å²) in [6, 6.07) is 9.79. The minimum atomic E-state index is -0.0125. The highest BCUT2D eigenvalue weighted by Crippen LogP contribution is 2.32. The molecule has 0 bridgehead atoms. The zero-order valence-electron chi connectivity index (χ0n) is 11.4. The number of nitrogens with one attached hydrogen (secondary N) is 1. The van der Waals surface area contributed by atoms with Gasteiger partial charge in [0.25, 0.3) is 0 Å². The number of aryl methyl sites for hydroxylation is 1. The van der Waals surface area contributed by atoms with E-state index in [0.717, 1.165) is 27.9 Å². The third kappa shape index (κ3) is 2.19. The maximum absolute atomic E-state index is 6.17. The van der Waals surface area contributed by atoms with Crippen molar-refractivity contribution in [1.82, 2.24) is 10.3 Å². The Morgan fingerprint density at radius 3 is 2.85 bits per heavy atom. The molecule has 102 valence electrons. The normalized spacial score (nSPS) is 12.8. The van der Waals surface area contributed by atoms with Gasteiger partial charge in [0.15, 0.2) is 5.58 Å². The van der Waals surface area contributed by atoms with Crippen LogP contribution in [0.1, 0.15) is 22.9 Å². The number of furan rings is 1. The Hall–Kier alpha value is -1.84. The summed E-state index contributed by atoms with van der Waals surface area (Å²) in [6.45, 7) is 2.04. The lowest BCUT2D eigenvalue weighted by Gasteiger charge is -2.15. The summed E-state index contributed by atoms with van der Waals surface area (Å²) >= 11 is 6.17. The second-order valence-electron chi connectivity index (χ2n) is 4.76. The Balaban J connectivity index is 2.12. The number of para-hydroxylation sites is 1. The average molecular weight is 287 g/mol. The molecule has 1 N–H and O–H groups in total. The van der Waals surface area contributed by atoms with Gasteiger partial charge in [-0.25, -0.2) is 0 Å². The molecule has 0 spiro atoms. The van der Waals surface area contributed by atoms with Gasteiger partial charge in [0.2, 0.25) is 0 Å². The highest BCUT2D eigenvalue weighted by atomic mass is 35.5. The first kappa shape index (κ1) is 13.2. The number of pyridine rings is 1. The van der Waals surface area contributed by atoms with Crippen LogP contribution < -0.4 is 5.32 Å². The monoisotopic (exact) mass is 286 g/mol. The summed E-state index contributed by atoms with van der Waals surface area (Å²) in [5.74, 6) is 0.852. The molecule has 0 amide bonds. The van der Waals surface area contributed by atoms with Crippen LogP contribution in [0.25, 0.3) is 11.0 Å². The molecule has 4 heteroatoms. The first-order valence-corrected chi connectivity index (χ1v) is 6.84. The molecule has 1 unspecified atom stereocenters. The van der Waals surface area contributed by atoms with Gasteiger partial charge in [0, 0.05) is 17.8 Å². The lowest BCUT2D eigenvalue weighted by Crippen LogP contribution is -2.18. The molecule has 0 aliphatic heterocycles. The molecule has 0 saturated carbocycles. The van der Waals surface area contributed by atoms with Gasteiger partial charge < -0.3 is 9.73 Å². The Morgan fingerprint density at radius 2 is 2.15 bits per heavy atom. The van der Waals surface area contributed by atoms with Crippen LogP contribution in [0.3, 0.4) is 0 Å². The Morgan fingerprint density at radius 1 is 1.30 bits per heavy atom. The standard InChI is InChI=1S/C16H15ClN2O/c1-10-9-19-7-6-12(10)15(18-2)14-8-11-4-3-5-13(17)16(11)20-14/h3-9,15,18H,1-2H3. The van der Waals surface area contributed by atoms with Gasteiger partial charge in [-0.3, -0.25) is 4.98 Å². The van der Waals surface area contributed by atoms with Crippen LogP contribution in [0.5, 0.6) is 0 Å². The van der Waals surface area contributed by atoms with Crippen LogP contribution in [0.4, 0.5) is 0 Å². The molecule has 2 aromatic heterocycles. The number of nitrogens with zero attached hydrogens (tertiary/aromatic N) is 1. The molecule has 20 heavy (non-hydrogen) atoms. The summed E-state index contributed by atoms with van der Waals surface area (Å²) in [5.41, 5.74) is 3.01. The van der Waals surface area contributed by atoms with E-state index in [1.807, 2.05) is 50.5 Å². The summed E-state index contributed by atoms with van der Waals surface area (Å²) in [4.78, 5) is 4.13. The second-order valence-corrected chi connectivity index (χ2v) is 5.17. The molecule has 1 atom stereocenters. The van der Waals surface area contributed by atoms with Crippen molar-refractivity contribution in [3.05, 3.63) is 64.6 Å². The molecular formula is C16H15ClN2O. The summed E-state index contributed by atoms with van der Waals surface area (Å²) in [7, 11) is 1.92. The zero-order valence-corrected chi connectivity index (χ0v) is 12.1. The van der Waals surface area contributed by atoms with E-state index in [9.17, 15) is 0 Å². The number of rotatable bonds is 3. The smallest absolute Gasteiger partial charge is 0.152 e. The van der Waals surface area contributed by atoms with Crippen molar-refractivity contribution in [1.29, 1.82) is 0 Å². The maximum Gasteiger partial charge on any atom is 0.152 e. The third-order valence-corrected chi connectivity index (χ3v) is 3.76. The fraction of sp³-hybridized carbons (Fsp3) is 0.188. The van der Waals surface area contributed by atoms with Crippen LogP contribution in [0.15, 0.2) is 47.1 Å². The number of hydrogen-bond donors (Lipinski definition) is 1. The second kappa shape index (κ2) is 5.27. The molecule has 0 aliphatic carbocycles. The Bertz CT molecular complexity index is 751. The van der Waals surface area contributed by atoms with E-state index in [-0.39, 0.29) is 6.04 Å². The highest BCUT2D eigenvalue weighted by molar-refractivity contribution is 6.34. The summed E-state index contributed by atoms with van der Waals surface area (Å²) in [5, 5.41) is 4.94. The number of aromatic nitrogens is 1. The zero-order chi connectivity index (χ0) is 14.1. The quantitative estimate of drug-likeness (QED) is 0.788. The predicted molar refractivity (Wildman–Crippen MR) is 81.1 cm³/mol. The van der Waals surface area contributed by atoms with Crippen molar-refractivity contribution in [3.8, 4) is 0 Å². The minimum Gasteiger partial charge on any atom is -0.457 e. The molecule has 3 aromatic rings. The minimum absolute atomic E-state index is 0.0125. The number of halogens is 1. The molecule has 3 rings (SSSR count). The predicted octanol–water partition coefficient (Wildman–Crippen LogP) is 4.10. The van der Waals surface area contributed by atoms with Crippen LogP contribution >= 0.6 is 11.6 Å². The van der Waals surface area contributed by atoms with E-state index in [2.05, 4.69) is 10.3 Å². The lowest BCUT2D eigenvalue weighted by molar-refractivity contribution is 0.490. The summed E-state index contributed by atoms with van der Waals surface area (Å²) < 4.78 is 5.95. The van der Waals surface area contributed by atoms with Crippen molar-refractivity contribution < 1.29 is 4.42 Å². The van der Waals surface area contributed by atoms with Crippen molar-refractivity contribution in [2.45, 2.75) is 13.0 Å². The van der Waals surface area contributed by atoms with Crippen LogP contribution in [-0.2, 0) is 0 Å². The van der Waals surface area contributed by atoms with Gasteiger partial charge in [-0.05, 0) is 43.3 Å². The van der Waals surface area contributed by atoms with Gasteiger partial charge in [0.1, 0.15) is 5.76 Å². The van der Waals surface area contributed by atoms with Gasteiger partial charge in [-0.2, -0.15) is 0 Å². The van der Waals surface area contributed by atoms with Crippen LogP contribution in [0, 0.1) is 6.92 Å². The topological polar surface area (TPSA) is 38.1 Å². The first-order chi connectivity index (χ1) is 9.70. The molecule has 3 nitrogen and oxygen atoms in total. The van der Waals surface area contributed by atoms with E-state index in [0.29, 0.717) is 5.02 Å². The number of benzene rings is 1. The van der Waals surface area contributed by atoms with E-state index in [1.165, 1.54) is 0 Å². The van der Waals surface area contributed by atoms with E-state index >= 15 is 0 Å².